The van der Waals surface area contributed by atoms with Crippen molar-refractivity contribution in [1.82, 2.24) is 14.9 Å². The van der Waals surface area contributed by atoms with Gasteiger partial charge >= 0.3 is 0 Å². The molecule has 1 aliphatic heterocycles. The standard InChI is InChI=1S/C11H19N3O4S/c1-7-10(8(2)14-13-7)19(15,16)12-5-9-6-17-11(3,4)18-9/h9,12H,5-6H2,1-4H3,(H,13,14). The zero-order chi connectivity index (χ0) is 14.3. The summed E-state index contributed by atoms with van der Waals surface area (Å²) in [5.41, 5.74) is 0.975. The van der Waals surface area contributed by atoms with Crippen LogP contribution in [-0.2, 0) is 19.5 Å². The smallest absolute Gasteiger partial charge is 0.244 e. The highest BCUT2D eigenvalue weighted by molar-refractivity contribution is 7.89. The van der Waals surface area contributed by atoms with Crippen LogP contribution in [0.3, 0.4) is 0 Å². The Balaban J connectivity index is 2.04. The van der Waals surface area contributed by atoms with Gasteiger partial charge in [0.1, 0.15) is 4.90 Å². The number of nitrogens with one attached hydrogen (secondary N) is 2. The molecule has 1 aromatic heterocycles. The normalized spacial score (nSPS) is 22.8. The highest BCUT2D eigenvalue weighted by Crippen LogP contribution is 2.22. The number of aromatic amines is 1. The minimum Gasteiger partial charge on any atom is -0.348 e. The molecule has 19 heavy (non-hydrogen) atoms. The van der Waals surface area contributed by atoms with Gasteiger partial charge in [0.05, 0.1) is 24.1 Å². The van der Waals surface area contributed by atoms with Gasteiger partial charge in [-0.2, -0.15) is 5.10 Å². The van der Waals surface area contributed by atoms with E-state index in [1.165, 1.54) is 0 Å². The molecule has 1 atom stereocenters. The van der Waals surface area contributed by atoms with E-state index in [-0.39, 0.29) is 17.5 Å². The van der Waals surface area contributed by atoms with Gasteiger partial charge in [-0.25, -0.2) is 13.1 Å². The van der Waals surface area contributed by atoms with Gasteiger partial charge < -0.3 is 9.47 Å². The number of aryl methyl sites for hydroxylation is 2. The van der Waals surface area contributed by atoms with Gasteiger partial charge in [-0.1, -0.05) is 0 Å². The van der Waals surface area contributed by atoms with E-state index in [1.54, 1.807) is 27.7 Å². The molecule has 0 spiro atoms. The molecule has 8 heteroatoms. The summed E-state index contributed by atoms with van der Waals surface area (Å²) in [6.45, 7) is 7.47. The number of hydrogen-bond acceptors (Lipinski definition) is 5. The Hall–Kier alpha value is -0.960. The third kappa shape index (κ3) is 3.14. The molecule has 1 aromatic rings. The van der Waals surface area contributed by atoms with Gasteiger partial charge in [0, 0.05) is 6.54 Å². The molecule has 0 aromatic carbocycles. The summed E-state index contributed by atoms with van der Waals surface area (Å²) in [5, 5.41) is 6.54. The fourth-order valence-corrected chi connectivity index (χ4v) is 3.51. The Bertz CT molecular complexity index is 545. The number of hydrogen-bond donors (Lipinski definition) is 2. The molecule has 0 radical (unpaired) electrons. The Kier molecular flexibility index (Phi) is 3.69. The van der Waals surface area contributed by atoms with Crippen molar-refractivity contribution in [2.75, 3.05) is 13.2 Å². The number of aromatic nitrogens is 2. The fraction of sp³-hybridized carbons (Fsp3) is 0.727. The third-order valence-electron chi connectivity index (χ3n) is 2.90. The first-order valence-electron chi connectivity index (χ1n) is 6.04. The SMILES string of the molecule is Cc1n[nH]c(C)c1S(=O)(=O)NCC1COC(C)(C)O1. The molecule has 0 aliphatic carbocycles. The first-order valence-corrected chi connectivity index (χ1v) is 7.52. The predicted molar refractivity (Wildman–Crippen MR) is 68.2 cm³/mol. The first kappa shape index (κ1) is 14.4. The molecule has 0 bridgehead atoms. The fourth-order valence-electron chi connectivity index (χ4n) is 2.08. The zero-order valence-electron chi connectivity index (χ0n) is 11.5. The highest BCUT2D eigenvalue weighted by Gasteiger charge is 2.33. The molecule has 2 N–H and O–H groups in total. The van der Waals surface area contributed by atoms with E-state index in [4.69, 9.17) is 9.47 Å². The number of H-pyrrole nitrogens is 1. The second-order valence-corrected chi connectivity index (χ2v) is 6.77. The molecule has 0 amide bonds. The van der Waals surface area contributed by atoms with Crippen LogP contribution in [0.25, 0.3) is 0 Å². The quantitative estimate of drug-likeness (QED) is 0.839. The van der Waals surface area contributed by atoms with Gasteiger partial charge in [-0.15, -0.1) is 0 Å². The molecule has 0 saturated carbocycles. The van der Waals surface area contributed by atoms with Crippen molar-refractivity contribution in [3.05, 3.63) is 11.4 Å². The summed E-state index contributed by atoms with van der Waals surface area (Å²) < 4.78 is 37.8. The second kappa shape index (κ2) is 4.86. The van der Waals surface area contributed by atoms with E-state index in [2.05, 4.69) is 14.9 Å². The molecule has 2 heterocycles. The van der Waals surface area contributed by atoms with Crippen molar-refractivity contribution >= 4 is 10.0 Å². The summed E-state index contributed by atoms with van der Waals surface area (Å²) in [6.07, 6.45) is -0.280. The van der Waals surface area contributed by atoms with Crippen molar-refractivity contribution in [3.63, 3.8) is 0 Å². The van der Waals surface area contributed by atoms with Crippen LogP contribution >= 0.6 is 0 Å². The van der Waals surface area contributed by atoms with Crippen molar-refractivity contribution in [2.45, 2.75) is 44.5 Å². The average molecular weight is 289 g/mol. The van der Waals surface area contributed by atoms with Crippen LogP contribution in [0.5, 0.6) is 0 Å². The van der Waals surface area contributed by atoms with E-state index in [0.717, 1.165) is 0 Å². The Morgan fingerprint density at radius 3 is 2.63 bits per heavy atom. The Labute approximate surface area is 112 Å². The minimum atomic E-state index is -3.58. The summed E-state index contributed by atoms with van der Waals surface area (Å²) in [5.74, 6) is -0.655. The summed E-state index contributed by atoms with van der Waals surface area (Å²) in [6, 6.07) is 0. The number of ether oxygens (including phenoxy) is 2. The number of nitrogens with zero attached hydrogens (tertiary/aromatic N) is 1. The number of sulfonamides is 1. The van der Waals surface area contributed by atoms with Gasteiger partial charge in [0.2, 0.25) is 10.0 Å². The monoisotopic (exact) mass is 289 g/mol. The van der Waals surface area contributed by atoms with Crippen molar-refractivity contribution in [3.8, 4) is 0 Å². The lowest BCUT2D eigenvalue weighted by Gasteiger charge is -2.17. The lowest BCUT2D eigenvalue weighted by Crippen LogP contribution is -2.34. The van der Waals surface area contributed by atoms with Crippen LogP contribution in [0.15, 0.2) is 4.90 Å². The van der Waals surface area contributed by atoms with Crippen LogP contribution in [0.4, 0.5) is 0 Å². The average Bonchev–Trinajstić information content (AvgIpc) is 2.79. The predicted octanol–water partition coefficient (Wildman–Crippen LogP) is 0.456. The topological polar surface area (TPSA) is 93.3 Å². The molecule has 1 saturated heterocycles. The first-order chi connectivity index (χ1) is 8.71. The zero-order valence-corrected chi connectivity index (χ0v) is 12.3. The van der Waals surface area contributed by atoms with Gasteiger partial charge in [0.25, 0.3) is 0 Å². The third-order valence-corrected chi connectivity index (χ3v) is 4.58. The maximum Gasteiger partial charge on any atom is 0.244 e. The largest absolute Gasteiger partial charge is 0.348 e. The second-order valence-electron chi connectivity index (χ2n) is 5.07. The van der Waals surface area contributed by atoms with Crippen molar-refractivity contribution < 1.29 is 17.9 Å². The number of rotatable bonds is 4. The lowest BCUT2D eigenvalue weighted by molar-refractivity contribution is -0.137. The molecular weight excluding hydrogens is 270 g/mol. The van der Waals surface area contributed by atoms with Gasteiger partial charge in [-0.05, 0) is 27.7 Å². The van der Waals surface area contributed by atoms with Crippen molar-refractivity contribution in [2.24, 2.45) is 0 Å². The van der Waals surface area contributed by atoms with E-state index < -0.39 is 15.8 Å². The maximum absolute atomic E-state index is 12.2. The van der Waals surface area contributed by atoms with Gasteiger partial charge in [0.15, 0.2) is 5.79 Å². The maximum atomic E-state index is 12.2. The Morgan fingerprint density at radius 2 is 2.16 bits per heavy atom. The summed E-state index contributed by atoms with van der Waals surface area (Å²) >= 11 is 0. The van der Waals surface area contributed by atoms with Crippen LogP contribution in [0, 0.1) is 13.8 Å². The van der Waals surface area contributed by atoms with Crippen LogP contribution in [0.2, 0.25) is 0 Å². The molecule has 2 rings (SSSR count). The summed E-state index contributed by atoms with van der Waals surface area (Å²) in [4.78, 5) is 0.200. The molecule has 1 unspecified atom stereocenters. The molecular formula is C11H19N3O4S. The van der Waals surface area contributed by atoms with E-state index >= 15 is 0 Å². The lowest BCUT2D eigenvalue weighted by atomic mass is 10.4. The van der Waals surface area contributed by atoms with E-state index in [1.807, 2.05) is 0 Å². The molecule has 1 fully saturated rings. The highest BCUT2D eigenvalue weighted by atomic mass is 32.2. The van der Waals surface area contributed by atoms with Gasteiger partial charge in [-0.3, -0.25) is 5.10 Å². The summed E-state index contributed by atoms with van der Waals surface area (Å²) in [7, 11) is -3.58. The van der Waals surface area contributed by atoms with Crippen molar-refractivity contribution in [1.29, 1.82) is 0 Å². The molecule has 1 aliphatic rings. The van der Waals surface area contributed by atoms with Crippen LogP contribution in [-0.4, -0.2) is 43.7 Å². The molecule has 7 nitrogen and oxygen atoms in total. The van der Waals surface area contributed by atoms with E-state index in [9.17, 15) is 8.42 Å². The Morgan fingerprint density at radius 1 is 1.47 bits per heavy atom. The van der Waals surface area contributed by atoms with Crippen LogP contribution in [0.1, 0.15) is 25.2 Å². The molecule has 108 valence electrons. The van der Waals surface area contributed by atoms with Crippen LogP contribution < -0.4 is 4.72 Å². The van der Waals surface area contributed by atoms with E-state index in [0.29, 0.717) is 18.0 Å². The minimum absolute atomic E-state index is 0.176.